The number of aromatic nitrogens is 2. The van der Waals surface area contributed by atoms with Gasteiger partial charge in [-0.3, -0.25) is 4.79 Å². The summed E-state index contributed by atoms with van der Waals surface area (Å²) in [5, 5.41) is 24.0. The summed E-state index contributed by atoms with van der Waals surface area (Å²) in [5.41, 5.74) is 2.95. The van der Waals surface area contributed by atoms with E-state index >= 15 is 0 Å². The van der Waals surface area contributed by atoms with Gasteiger partial charge in [0.1, 0.15) is 17.1 Å². The van der Waals surface area contributed by atoms with Crippen LogP contribution in [0, 0.1) is 6.92 Å². The lowest BCUT2D eigenvalue weighted by Crippen LogP contribution is -2.23. The molecule has 4 aromatic rings. The molecule has 0 fully saturated rings. The lowest BCUT2D eigenvalue weighted by Gasteiger charge is -2.18. The molecule has 0 bridgehead atoms. The lowest BCUT2D eigenvalue weighted by molar-refractivity contribution is 0.0825. The van der Waals surface area contributed by atoms with Crippen LogP contribution in [0.15, 0.2) is 48.5 Å². The molecule has 31 heavy (non-hydrogen) atoms. The third kappa shape index (κ3) is 3.75. The van der Waals surface area contributed by atoms with E-state index in [4.69, 9.17) is 0 Å². The van der Waals surface area contributed by atoms with E-state index in [2.05, 4.69) is 4.98 Å². The molecule has 0 saturated heterocycles. The molecule has 0 aliphatic carbocycles. The van der Waals surface area contributed by atoms with Crippen molar-refractivity contribution < 1.29 is 15.0 Å². The predicted octanol–water partition coefficient (Wildman–Crippen LogP) is 4.11. The van der Waals surface area contributed by atoms with Gasteiger partial charge < -0.3 is 19.7 Å². The van der Waals surface area contributed by atoms with Gasteiger partial charge in [-0.25, -0.2) is 4.98 Å². The van der Waals surface area contributed by atoms with Crippen LogP contribution in [0.4, 0.5) is 0 Å². The Morgan fingerprint density at radius 3 is 2.55 bits per heavy atom. The summed E-state index contributed by atoms with van der Waals surface area (Å²) in [6.07, 6.45) is 0.00418. The fourth-order valence-electron chi connectivity index (χ4n) is 4.01. The number of benzene rings is 3. The van der Waals surface area contributed by atoms with Crippen molar-refractivity contribution in [2.24, 2.45) is 7.05 Å². The van der Waals surface area contributed by atoms with Crippen LogP contribution in [-0.2, 0) is 13.5 Å². The van der Waals surface area contributed by atoms with Gasteiger partial charge in [0.05, 0.1) is 11.6 Å². The summed E-state index contributed by atoms with van der Waals surface area (Å²) in [5.74, 6) is 0.574. The number of imidazole rings is 1. The van der Waals surface area contributed by atoms with Crippen molar-refractivity contribution in [1.82, 2.24) is 14.5 Å². The molecule has 0 unspecified atom stereocenters. The predicted molar refractivity (Wildman–Crippen MR) is 122 cm³/mol. The Kier molecular flexibility index (Phi) is 5.41. The lowest BCUT2D eigenvalue weighted by atomic mass is 9.95. The highest BCUT2D eigenvalue weighted by Gasteiger charge is 2.23. The number of amides is 1. The second kappa shape index (κ2) is 8.04. The van der Waals surface area contributed by atoms with Gasteiger partial charge in [-0.2, -0.15) is 0 Å². The van der Waals surface area contributed by atoms with Crippen molar-refractivity contribution in [3.63, 3.8) is 0 Å². The van der Waals surface area contributed by atoms with Crippen LogP contribution in [0.3, 0.4) is 0 Å². The molecule has 0 aliphatic heterocycles. The number of carbonyl (C=O) groups excluding carboxylic acids is 1. The van der Waals surface area contributed by atoms with E-state index in [9.17, 15) is 15.0 Å². The Balaban J connectivity index is 1.69. The largest absolute Gasteiger partial charge is 0.505 e. The summed E-state index contributed by atoms with van der Waals surface area (Å²) in [4.78, 5) is 18.8. The average Bonchev–Trinajstić information content (AvgIpc) is 3.06. The molecule has 1 amide bonds. The van der Waals surface area contributed by atoms with Crippen LogP contribution in [0.2, 0.25) is 0 Å². The molecule has 3 aromatic carbocycles. The van der Waals surface area contributed by atoms with Crippen LogP contribution >= 0.6 is 0 Å². The van der Waals surface area contributed by atoms with E-state index in [1.54, 1.807) is 20.2 Å². The molecular weight excluding hydrogens is 390 g/mol. The second-order valence-electron chi connectivity index (χ2n) is 8.20. The van der Waals surface area contributed by atoms with Gasteiger partial charge >= 0.3 is 0 Å². The van der Waals surface area contributed by atoms with E-state index in [1.165, 1.54) is 4.90 Å². The first-order valence-electron chi connectivity index (χ1n) is 10.3. The minimum atomic E-state index is -0.715. The number of fused-ring (bicyclic) bond motifs is 2. The zero-order chi connectivity index (χ0) is 22.3. The molecule has 160 valence electrons. The number of rotatable bonds is 5. The van der Waals surface area contributed by atoms with Gasteiger partial charge in [0, 0.05) is 32.3 Å². The van der Waals surface area contributed by atoms with Crippen LogP contribution in [-0.4, -0.2) is 44.7 Å². The maximum Gasteiger partial charge on any atom is 0.253 e. The molecule has 1 aromatic heterocycles. The van der Waals surface area contributed by atoms with Crippen molar-refractivity contribution >= 4 is 27.7 Å². The first-order valence-corrected chi connectivity index (χ1v) is 10.3. The topological polar surface area (TPSA) is 78.6 Å². The number of carbonyl (C=O) groups is 1. The normalized spacial score (nSPS) is 12.4. The Labute approximate surface area is 181 Å². The zero-order valence-corrected chi connectivity index (χ0v) is 18.3. The maximum atomic E-state index is 12.9. The first-order chi connectivity index (χ1) is 14.8. The zero-order valence-electron chi connectivity index (χ0n) is 18.3. The molecular formula is C25H27N3O3. The van der Waals surface area contributed by atoms with Crippen molar-refractivity contribution in [2.45, 2.75) is 25.9 Å². The SMILES string of the molecule is Cc1nc2c(O)c(CC[C@@H](O)c3ccc4ccccc4c3)c(C(=O)N(C)C)cc2n1C. The van der Waals surface area contributed by atoms with Gasteiger partial charge in [0.25, 0.3) is 5.91 Å². The van der Waals surface area contributed by atoms with E-state index < -0.39 is 6.10 Å². The maximum absolute atomic E-state index is 12.9. The van der Waals surface area contributed by atoms with Crippen molar-refractivity contribution in [2.75, 3.05) is 14.1 Å². The van der Waals surface area contributed by atoms with Crippen molar-refractivity contribution in [1.29, 1.82) is 0 Å². The average molecular weight is 418 g/mol. The van der Waals surface area contributed by atoms with E-state index in [0.29, 0.717) is 35.0 Å². The van der Waals surface area contributed by atoms with Gasteiger partial charge in [-0.1, -0.05) is 36.4 Å². The van der Waals surface area contributed by atoms with Crippen molar-refractivity contribution in [3.05, 3.63) is 71.0 Å². The smallest absolute Gasteiger partial charge is 0.253 e. The number of phenols is 1. The number of hydrogen-bond acceptors (Lipinski definition) is 4. The Hall–Kier alpha value is -3.38. The standard InChI is InChI=1S/C25H27N3O3/c1-15-26-23-21(28(15)4)14-20(25(31)27(2)3)19(24(23)30)11-12-22(29)18-10-9-16-7-5-6-8-17(16)13-18/h5-10,13-14,22,29-30H,11-12H2,1-4H3/t22-/m1/s1. The fraction of sp³-hybridized carbons (Fsp3) is 0.280. The third-order valence-electron chi connectivity index (χ3n) is 5.94. The number of aryl methyl sites for hydroxylation is 2. The quantitative estimate of drug-likeness (QED) is 0.512. The molecule has 6 heteroatoms. The molecule has 1 heterocycles. The number of aliphatic hydroxyl groups is 1. The van der Waals surface area contributed by atoms with Gasteiger partial charge in [0.15, 0.2) is 0 Å². The Morgan fingerprint density at radius 1 is 1.13 bits per heavy atom. The number of nitrogens with zero attached hydrogens (tertiary/aromatic N) is 3. The monoisotopic (exact) mass is 417 g/mol. The molecule has 0 radical (unpaired) electrons. The van der Waals surface area contributed by atoms with Gasteiger partial charge in [0.2, 0.25) is 0 Å². The molecule has 1 atom stereocenters. The van der Waals surface area contributed by atoms with Gasteiger partial charge in [-0.15, -0.1) is 0 Å². The third-order valence-corrected chi connectivity index (χ3v) is 5.94. The van der Waals surface area contributed by atoms with Crippen LogP contribution in [0.1, 0.15) is 39.8 Å². The summed E-state index contributed by atoms with van der Waals surface area (Å²) >= 11 is 0. The highest BCUT2D eigenvalue weighted by atomic mass is 16.3. The summed E-state index contributed by atoms with van der Waals surface area (Å²) in [6.45, 7) is 1.86. The number of aromatic hydroxyl groups is 1. The highest BCUT2D eigenvalue weighted by Crippen LogP contribution is 2.34. The Morgan fingerprint density at radius 2 is 1.84 bits per heavy atom. The fourth-order valence-corrected chi connectivity index (χ4v) is 4.01. The number of hydrogen-bond donors (Lipinski definition) is 2. The minimum Gasteiger partial charge on any atom is -0.505 e. The number of aliphatic hydroxyl groups excluding tert-OH is 1. The van der Waals surface area contributed by atoms with Crippen molar-refractivity contribution in [3.8, 4) is 5.75 Å². The molecule has 0 spiro atoms. The van der Waals surface area contributed by atoms with E-state index in [0.717, 1.165) is 22.2 Å². The molecule has 0 aliphatic rings. The molecule has 6 nitrogen and oxygen atoms in total. The molecule has 2 N–H and O–H groups in total. The van der Waals surface area contributed by atoms with E-state index in [-0.39, 0.29) is 11.7 Å². The van der Waals surface area contributed by atoms with Crippen LogP contribution < -0.4 is 0 Å². The van der Waals surface area contributed by atoms with Gasteiger partial charge in [-0.05, 0) is 48.2 Å². The Bertz CT molecular complexity index is 1290. The summed E-state index contributed by atoms with van der Waals surface area (Å²) in [6, 6.07) is 15.7. The highest BCUT2D eigenvalue weighted by molar-refractivity contribution is 6.01. The summed E-state index contributed by atoms with van der Waals surface area (Å²) in [7, 11) is 5.23. The molecule has 0 saturated carbocycles. The van der Waals surface area contributed by atoms with E-state index in [1.807, 2.05) is 61.0 Å². The van der Waals surface area contributed by atoms with Crippen LogP contribution in [0.5, 0.6) is 5.75 Å². The second-order valence-corrected chi connectivity index (χ2v) is 8.20. The number of phenolic OH excluding ortho intramolecular Hbond substituents is 1. The molecule has 4 rings (SSSR count). The first kappa shape index (κ1) is 20.9. The van der Waals surface area contributed by atoms with Crippen LogP contribution in [0.25, 0.3) is 21.8 Å². The summed E-state index contributed by atoms with van der Waals surface area (Å²) < 4.78 is 1.86. The minimum absolute atomic E-state index is 0.0112.